The normalized spacial score (nSPS) is 20.2. The lowest BCUT2D eigenvalue weighted by Crippen LogP contribution is -2.54. The summed E-state index contributed by atoms with van der Waals surface area (Å²) in [5, 5.41) is 11.2. The van der Waals surface area contributed by atoms with Crippen molar-refractivity contribution in [3.05, 3.63) is 34.4 Å². The Kier molecular flexibility index (Phi) is 4.99. The predicted molar refractivity (Wildman–Crippen MR) is 92.2 cm³/mol. The highest BCUT2D eigenvalue weighted by atomic mass is 16.6. The second kappa shape index (κ2) is 7.17. The van der Waals surface area contributed by atoms with Gasteiger partial charge in [0, 0.05) is 45.3 Å². The fourth-order valence-electron chi connectivity index (χ4n) is 3.59. The van der Waals surface area contributed by atoms with E-state index in [0.29, 0.717) is 18.8 Å². The van der Waals surface area contributed by atoms with Crippen LogP contribution in [0.25, 0.3) is 0 Å². The maximum absolute atomic E-state index is 12.5. The van der Waals surface area contributed by atoms with E-state index in [4.69, 9.17) is 0 Å². The van der Waals surface area contributed by atoms with Gasteiger partial charge in [-0.2, -0.15) is 0 Å². The van der Waals surface area contributed by atoms with Gasteiger partial charge in [0.2, 0.25) is 5.91 Å². The molecule has 24 heavy (non-hydrogen) atoms. The number of likely N-dealkylation sites (tertiary alicyclic amines) is 1. The molecule has 7 nitrogen and oxygen atoms in total. The number of carbonyl (C=O) groups is 1. The summed E-state index contributed by atoms with van der Waals surface area (Å²) in [6.45, 7) is 6.60. The van der Waals surface area contributed by atoms with Crippen molar-refractivity contribution in [3.8, 4) is 0 Å². The number of nitro benzene ring substituents is 1. The second-order valence-corrected chi connectivity index (χ2v) is 6.48. The summed E-state index contributed by atoms with van der Waals surface area (Å²) < 4.78 is 0. The highest BCUT2D eigenvalue weighted by molar-refractivity contribution is 5.81. The van der Waals surface area contributed by atoms with Crippen LogP contribution >= 0.6 is 0 Å². The molecule has 0 N–H and O–H groups in total. The molecule has 0 bridgehead atoms. The maximum atomic E-state index is 12.5. The van der Waals surface area contributed by atoms with Crippen LogP contribution in [0.2, 0.25) is 0 Å². The molecule has 0 radical (unpaired) electrons. The Morgan fingerprint density at radius 1 is 1.08 bits per heavy atom. The third-order valence-corrected chi connectivity index (χ3v) is 5.06. The van der Waals surface area contributed by atoms with Crippen molar-refractivity contribution in [1.29, 1.82) is 0 Å². The molecule has 2 heterocycles. The first-order valence-electron chi connectivity index (χ1n) is 8.59. The summed E-state index contributed by atoms with van der Waals surface area (Å²) in [4.78, 5) is 29.6. The van der Waals surface area contributed by atoms with Crippen molar-refractivity contribution in [3.63, 3.8) is 0 Å². The first kappa shape index (κ1) is 16.7. The van der Waals surface area contributed by atoms with Crippen molar-refractivity contribution in [2.24, 2.45) is 0 Å². The van der Waals surface area contributed by atoms with E-state index < -0.39 is 0 Å². The molecular weight excluding hydrogens is 308 g/mol. The maximum Gasteiger partial charge on any atom is 0.292 e. The molecule has 7 heteroatoms. The minimum Gasteiger partial charge on any atom is -0.363 e. The van der Waals surface area contributed by atoms with Crippen LogP contribution in [0, 0.1) is 10.1 Å². The molecule has 0 aromatic heterocycles. The Morgan fingerprint density at radius 3 is 2.33 bits per heavy atom. The first-order valence-corrected chi connectivity index (χ1v) is 8.59. The van der Waals surface area contributed by atoms with Crippen molar-refractivity contribution >= 4 is 17.3 Å². The van der Waals surface area contributed by atoms with Crippen molar-refractivity contribution < 1.29 is 9.72 Å². The fraction of sp³-hybridized carbons (Fsp3) is 0.588. The number of para-hydroxylation sites is 2. The van der Waals surface area contributed by atoms with Crippen molar-refractivity contribution in [2.75, 3.05) is 44.2 Å². The monoisotopic (exact) mass is 332 g/mol. The zero-order valence-electron chi connectivity index (χ0n) is 14.1. The zero-order valence-corrected chi connectivity index (χ0v) is 14.1. The smallest absolute Gasteiger partial charge is 0.292 e. The Hall–Kier alpha value is -2.15. The van der Waals surface area contributed by atoms with E-state index in [9.17, 15) is 14.9 Å². The van der Waals surface area contributed by atoms with Crippen molar-refractivity contribution in [2.45, 2.75) is 25.8 Å². The Balaban J connectivity index is 1.61. The van der Waals surface area contributed by atoms with Gasteiger partial charge in [0.1, 0.15) is 5.69 Å². The lowest BCUT2D eigenvalue weighted by atomic mass is 10.1. The van der Waals surface area contributed by atoms with Gasteiger partial charge in [0.05, 0.1) is 11.0 Å². The van der Waals surface area contributed by atoms with Gasteiger partial charge in [-0.1, -0.05) is 12.1 Å². The molecule has 0 aliphatic carbocycles. The topological polar surface area (TPSA) is 69.9 Å². The summed E-state index contributed by atoms with van der Waals surface area (Å²) in [5.41, 5.74) is 0.813. The summed E-state index contributed by atoms with van der Waals surface area (Å²) in [6.07, 6.45) is 2.20. The molecule has 0 saturated carbocycles. The minimum atomic E-state index is -0.332. The molecule has 1 aromatic carbocycles. The number of amides is 1. The minimum absolute atomic E-state index is 0.115. The fourth-order valence-corrected chi connectivity index (χ4v) is 3.59. The molecule has 2 aliphatic rings. The van der Waals surface area contributed by atoms with Gasteiger partial charge in [-0.05, 0) is 25.8 Å². The standard InChI is InChI=1S/C17H24N4O3/c1-14(17(22)20-8-4-5-9-20)18-10-12-19(13-11-18)15-6-2-3-7-16(15)21(23)24/h2-3,6-7,14H,4-5,8-13H2,1H3/t14-/m1/s1. The van der Waals surface area contributed by atoms with E-state index >= 15 is 0 Å². The number of rotatable bonds is 4. The van der Waals surface area contributed by atoms with Gasteiger partial charge >= 0.3 is 0 Å². The lowest BCUT2D eigenvalue weighted by Gasteiger charge is -2.39. The number of anilines is 1. The first-order chi connectivity index (χ1) is 11.6. The van der Waals surface area contributed by atoms with Gasteiger partial charge in [-0.15, -0.1) is 0 Å². The van der Waals surface area contributed by atoms with Gasteiger partial charge < -0.3 is 9.80 Å². The molecule has 0 spiro atoms. The molecule has 1 aromatic rings. The van der Waals surface area contributed by atoms with Crippen LogP contribution < -0.4 is 4.90 Å². The molecular formula is C17H24N4O3. The number of piperazine rings is 1. The number of benzene rings is 1. The number of hydrogen-bond donors (Lipinski definition) is 0. The van der Waals surface area contributed by atoms with Gasteiger partial charge in [-0.25, -0.2) is 0 Å². The second-order valence-electron chi connectivity index (χ2n) is 6.48. The average molecular weight is 332 g/mol. The summed E-state index contributed by atoms with van der Waals surface area (Å²) in [6, 6.07) is 6.74. The van der Waals surface area contributed by atoms with Gasteiger partial charge in [-0.3, -0.25) is 19.8 Å². The van der Waals surface area contributed by atoms with E-state index in [1.807, 2.05) is 22.8 Å². The van der Waals surface area contributed by atoms with E-state index in [1.165, 1.54) is 0 Å². The molecule has 1 amide bonds. The van der Waals surface area contributed by atoms with Crippen LogP contribution in [-0.4, -0.2) is 65.9 Å². The van der Waals surface area contributed by atoms with E-state index in [2.05, 4.69) is 4.90 Å². The average Bonchev–Trinajstić information content (AvgIpc) is 3.15. The van der Waals surface area contributed by atoms with Crippen LogP contribution in [0.15, 0.2) is 24.3 Å². The number of hydrogen-bond acceptors (Lipinski definition) is 5. The molecule has 2 fully saturated rings. The highest BCUT2D eigenvalue weighted by Crippen LogP contribution is 2.28. The van der Waals surface area contributed by atoms with Crippen molar-refractivity contribution in [1.82, 2.24) is 9.80 Å². The third-order valence-electron chi connectivity index (χ3n) is 5.06. The summed E-state index contributed by atoms with van der Waals surface area (Å²) >= 11 is 0. The highest BCUT2D eigenvalue weighted by Gasteiger charge is 2.31. The molecule has 1 atom stereocenters. The molecule has 2 aliphatic heterocycles. The quantitative estimate of drug-likeness (QED) is 0.620. The van der Waals surface area contributed by atoms with E-state index in [0.717, 1.165) is 39.0 Å². The van der Waals surface area contributed by atoms with Crippen LogP contribution in [0.1, 0.15) is 19.8 Å². The van der Waals surface area contributed by atoms with Crippen LogP contribution in [0.5, 0.6) is 0 Å². The molecule has 130 valence electrons. The molecule has 2 saturated heterocycles. The molecule has 3 rings (SSSR count). The summed E-state index contributed by atoms with van der Waals surface area (Å²) in [5.74, 6) is 0.214. The Labute approximate surface area is 142 Å². The number of nitro groups is 1. The third kappa shape index (κ3) is 3.36. The van der Waals surface area contributed by atoms with Crippen LogP contribution in [-0.2, 0) is 4.79 Å². The SMILES string of the molecule is C[C@H](C(=O)N1CCCC1)N1CCN(c2ccccc2[N+](=O)[O-])CC1. The zero-order chi connectivity index (χ0) is 17.1. The van der Waals surface area contributed by atoms with E-state index in [-0.39, 0.29) is 22.6 Å². The molecule has 0 unspecified atom stereocenters. The van der Waals surface area contributed by atoms with Gasteiger partial charge in [0.25, 0.3) is 5.69 Å². The Morgan fingerprint density at radius 2 is 1.71 bits per heavy atom. The van der Waals surface area contributed by atoms with Crippen LogP contribution in [0.4, 0.5) is 11.4 Å². The number of nitrogens with zero attached hydrogens (tertiary/aromatic N) is 4. The number of carbonyl (C=O) groups excluding carboxylic acids is 1. The largest absolute Gasteiger partial charge is 0.363 e. The lowest BCUT2D eigenvalue weighted by molar-refractivity contribution is -0.384. The summed E-state index contributed by atoms with van der Waals surface area (Å²) in [7, 11) is 0. The van der Waals surface area contributed by atoms with Crippen LogP contribution in [0.3, 0.4) is 0 Å². The predicted octanol–water partition coefficient (Wildman–Crippen LogP) is 1.73. The van der Waals surface area contributed by atoms with E-state index in [1.54, 1.807) is 18.2 Å². The Bertz CT molecular complexity index is 608. The van der Waals surface area contributed by atoms with Gasteiger partial charge in [0.15, 0.2) is 0 Å².